The van der Waals surface area contributed by atoms with Gasteiger partial charge < -0.3 is 4.90 Å². The van der Waals surface area contributed by atoms with Gasteiger partial charge in [0.2, 0.25) is 0 Å². The molecule has 1 unspecified atom stereocenters. The van der Waals surface area contributed by atoms with Crippen LogP contribution in [0.3, 0.4) is 0 Å². The van der Waals surface area contributed by atoms with Crippen LogP contribution in [0, 0.1) is 0 Å². The Hall–Kier alpha value is -7.78. The summed E-state index contributed by atoms with van der Waals surface area (Å²) in [5.41, 5.74) is 17.6. The second kappa shape index (κ2) is 14.4. The van der Waals surface area contributed by atoms with E-state index in [-0.39, 0.29) is 0 Å². The Bertz CT molecular complexity index is 3520. The van der Waals surface area contributed by atoms with E-state index in [1.54, 1.807) is 0 Å². The predicted octanol–water partition coefficient (Wildman–Crippen LogP) is 16.3. The molecule has 2 aliphatic rings. The maximum atomic E-state index is 2.51. The number of fused-ring (bicyclic) bond motifs is 9. The summed E-state index contributed by atoms with van der Waals surface area (Å²) in [6, 6.07) is 92.7. The standard InChI is InChI=1S/C62H41NS/c1-5-20-42(21-6-1)61(43-22-7-2-8-23-43)54-32-16-13-28-48(54)50-38-36-46(40-57(50)61)63(45-26-11-4-12-27-45)47-37-39-51-49-29-14-17-33-55(49)62(58(51)41-47,44-24-9-3-10-25-44)56-34-19-31-53-52-30-15-18-35-59(52)64-60(53)56/h1-41H. The Balaban J connectivity index is 1.09. The molecule has 0 radical (unpaired) electrons. The Morgan fingerprint density at radius 3 is 1.30 bits per heavy atom. The third kappa shape index (κ3) is 5.12. The van der Waals surface area contributed by atoms with Crippen molar-refractivity contribution in [1.82, 2.24) is 0 Å². The fraction of sp³-hybridized carbons (Fsp3) is 0.0323. The Kier molecular flexibility index (Phi) is 8.28. The first-order valence-corrected chi connectivity index (χ1v) is 23.0. The molecule has 1 atom stereocenters. The second-order valence-corrected chi connectivity index (χ2v) is 18.2. The van der Waals surface area contributed by atoms with E-state index in [1.807, 2.05) is 11.3 Å². The number of thiophene rings is 1. The van der Waals surface area contributed by atoms with E-state index in [0.717, 1.165) is 17.1 Å². The maximum absolute atomic E-state index is 2.51. The van der Waals surface area contributed by atoms with Gasteiger partial charge in [-0.1, -0.05) is 206 Å². The molecule has 0 fully saturated rings. The number of anilines is 3. The predicted molar refractivity (Wildman–Crippen MR) is 269 cm³/mol. The van der Waals surface area contributed by atoms with Crippen molar-refractivity contribution in [3.05, 3.63) is 293 Å². The number of para-hydroxylation sites is 1. The lowest BCUT2D eigenvalue weighted by Crippen LogP contribution is -2.29. The van der Waals surface area contributed by atoms with Crippen LogP contribution in [0.4, 0.5) is 17.1 Å². The first-order chi connectivity index (χ1) is 31.8. The van der Waals surface area contributed by atoms with Gasteiger partial charge in [-0.05, 0) is 109 Å². The number of hydrogen-bond donors (Lipinski definition) is 0. The van der Waals surface area contributed by atoms with Crippen LogP contribution < -0.4 is 4.90 Å². The summed E-state index contributed by atoms with van der Waals surface area (Å²) in [5.74, 6) is 0. The zero-order valence-corrected chi connectivity index (χ0v) is 35.8. The van der Waals surface area contributed by atoms with Crippen molar-refractivity contribution in [3.63, 3.8) is 0 Å². The summed E-state index contributed by atoms with van der Waals surface area (Å²) >= 11 is 1.91. The van der Waals surface area contributed by atoms with E-state index in [9.17, 15) is 0 Å². The number of benzene rings is 10. The van der Waals surface area contributed by atoms with Crippen LogP contribution in [-0.4, -0.2) is 0 Å². The zero-order chi connectivity index (χ0) is 42.2. The van der Waals surface area contributed by atoms with Crippen molar-refractivity contribution in [2.45, 2.75) is 10.8 Å². The van der Waals surface area contributed by atoms with Crippen molar-refractivity contribution in [3.8, 4) is 22.3 Å². The fourth-order valence-corrected chi connectivity index (χ4v) is 12.8. The van der Waals surface area contributed by atoms with Gasteiger partial charge in [-0.25, -0.2) is 0 Å². The lowest BCUT2D eigenvalue weighted by molar-refractivity contribution is 0.768. The molecule has 11 aromatic rings. The largest absolute Gasteiger partial charge is 0.310 e. The van der Waals surface area contributed by atoms with Gasteiger partial charge in [-0.3, -0.25) is 0 Å². The highest BCUT2D eigenvalue weighted by molar-refractivity contribution is 7.26. The minimum Gasteiger partial charge on any atom is -0.310 e. The molecule has 13 rings (SSSR count). The molecule has 0 saturated heterocycles. The Morgan fingerprint density at radius 1 is 0.281 bits per heavy atom. The topological polar surface area (TPSA) is 3.24 Å². The third-order valence-electron chi connectivity index (χ3n) is 14.0. The van der Waals surface area contributed by atoms with Gasteiger partial charge in [0.1, 0.15) is 0 Å². The molecule has 0 aliphatic heterocycles. The summed E-state index contributed by atoms with van der Waals surface area (Å²) in [7, 11) is 0. The van der Waals surface area contributed by atoms with Gasteiger partial charge in [0.15, 0.2) is 0 Å². The maximum Gasteiger partial charge on any atom is 0.0728 e. The number of rotatable bonds is 7. The lowest BCUT2D eigenvalue weighted by atomic mass is 9.67. The number of nitrogens with zero attached hydrogens (tertiary/aromatic N) is 1. The second-order valence-electron chi connectivity index (χ2n) is 17.1. The zero-order valence-electron chi connectivity index (χ0n) is 35.0. The highest BCUT2D eigenvalue weighted by Gasteiger charge is 2.49. The quantitative estimate of drug-likeness (QED) is 0.155. The minimum absolute atomic E-state index is 0.516. The first kappa shape index (κ1) is 36.8. The average Bonchev–Trinajstić information content (AvgIpc) is 4.00. The van der Waals surface area contributed by atoms with Gasteiger partial charge in [-0.2, -0.15) is 0 Å². The number of hydrogen-bond acceptors (Lipinski definition) is 2. The van der Waals surface area contributed by atoms with Crippen LogP contribution in [0.15, 0.2) is 249 Å². The molecule has 64 heavy (non-hydrogen) atoms. The van der Waals surface area contributed by atoms with Crippen molar-refractivity contribution >= 4 is 48.6 Å². The molecular formula is C62H41NS. The summed E-state index contributed by atoms with van der Waals surface area (Å²) in [6.45, 7) is 0. The van der Waals surface area contributed by atoms with Crippen LogP contribution in [0.1, 0.15) is 44.5 Å². The van der Waals surface area contributed by atoms with Gasteiger partial charge in [-0.15, -0.1) is 11.3 Å². The summed E-state index contributed by atoms with van der Waals surface area (Å²) < 4.78 is 2.64. The van der Waals surface area contributed by atoms with Crippen LogP contribution in [0.25, 0.3) is 42.4 Å². The molecule has 0 bridgehead atoms. The van der Waals surface area contributed by atoms with Gasteiger partial charge >= 0.3 is 0 Å². The molecule has 0 amide bonds. The molecule has 10 aromatic carbocycles. The molecule has 1 heterocycles. The smallest absolute Gasteiger partial charge is 0.0728 e. The van der Waals surface area contributed by atoms with Crippen molar-refractivity contribution in [2.24, 2.45) is 0 Å². The summed E-state index contributed by atoms with van der Waals surface area (Å²) in [6.07, 6.45) is 0. The average molecular weight is 832 g/mol. The van der Waals surface area contributed by atoms with E-state index < -0.39 is 10.8 Å². The van der Waals surface area contributed by atoms with E-state index in [1.165, 1.54) is 86.9 Å². The molecule has 0 spiro atoms. The molecule has 2 heteroatoms. The molecule has 0 saturated carbocycles. The van der Waals surface area contributed by atoms with Crippen LogP contribution >= 0.6 is 11.3 Å². The van der Waals surface area contributed by atoms with E-state index in [0.29, 0.717) is 0 Å². The van der Waals surface area contributed by atoms with Gasteiger partial charge in [0.05, 0.1) is 10.8 Å². The van der Waals surface area contributed by atoms with Gasteiger partial charge in [0.25, 0.3) is 0 Å². The molecule has 300 valence electrons. The fourth-order valence-electron chi connectivity index (χ4n) is 11.5. The van der Waals surface area contributed by atoms with E-state index in [2.05, 4.69) is 254 Å². The third-order valence-corrected chi connectivity index (χ3v) is 15.2. The van der Waals surface area contributed by atoms with Crippen LogP contribution in [0.2, 0.25) is 0 Å². The van der Waals surface area contributed by atoms with E-state index in [4.69, 9.17) is 0 Å². The highest BCUT2D eigenvalue weighted by Crippen LogP contribution is 2.60. The summed E-state index contributed by atoms with van der Waals surface area (Å²) in [5, 5.41) is 2.62. The normalized spacial score (nSPS) is 15.4. The van der Waals surface area contributed by atoms with E-state index >= 15 is 0 Å². The molecule has 1 nitrogen and oxygen atoms in total. The SMILES string of the molecule is c1ccc(N(c2ccc3c(c2)C(c2ccccc2)(c2ccccc2)c2ccccc2-3)c2ccc3c(c2)C(c2ccccc2)(c2cccc4c2sc2ccccc24)c2ccccc2-3)cc1. The van der Waals surface area contributed by atoms with Crippen molar-refractivity contribution in [2.75, 3.05) is 4.90 Å². The Labute approximate surface area is 377 Å². The first-order valence-electron chi connectivity index (χ1n) is 22.2. The molecule has 2 aliphatic carbocycles. The lowest BCUT2D eigenvalue weighted by Gasteiger charge is -2.36. The van der Waals surface area contributed by atoms with Crippen LogP contribution in [-0.2, 0) is 10.8 Å². The Morgan fingerprint density at radius 2 is 0.703 bits per heavy atom. The monoisotopic (exact) mass is 831 g/mol. The molecular weight excluding hydrogens is 791 g/mol. The molecule has 0 N–H and O–H groups in total. The minimum atomic E-state index is -0.582. The molecule has 1 aromatic heterocycles. The highest BCUT2D eigenvalue weighted by atomic mass is 32.1. The van der Waals surface area contributed by atoms with Crippen molar-refractivity contribution < 1.29 is 0 Å². The van der Waals surface area contributed by atoms with Gasteiger partial charge in [0, 0.05) is 37.2 Å². The van der Waals surface area contributed by atoms with Crippen LogP contribution in [0.5, 0.6) is 0 Å². The van der Waals surface area contributed by atoms with Crippen molar-refractivity contribution in [1.29, 1.82) is 0 Å². The summed E-state index contributed by atoms with van der Waals surface area (Å²) in [4.78, 5) is 2.48.